The molecule has 0 saturated heterocycles. The first-order valence-corrected chi connectivity index (χ1v) is 7.70. The molecule has 0 bridgehead atoms. The third kappa shape index (κ3) is 2.71. The van der Waals surface area contributed by atoms with Crippen LogP contribution in [0.2, 0.25) is 0 Å². The van der Waals surface area contributed by atoms with E-state index in [0.717, 1.165) is 25.8 Å². The first-order chi connectivity index (χ1) is 9.65. The Hall–Kier alpha value is -1.40. The molecule has 3 aromatic rings. The highest BCUT2D eigenvalue weighted by Gasteiger charge is 2.09. The molecular formula is C14H11Br2N3O. The summed E-state index contributed by atoms with van der Waals surface area (Å²) in [5.74, 6) is 1.37. The van der Waals surface area contributed by atoms with E-state index in [1.54, 1.807) is 0 Å². The van der Waals surface area contributed by atoms with Crippen molar-refractivity contribution in [2.45, 2.75) is 6.92 Å². The Labute approximate surface area is 132 Å². The fraction of sp³-hybridized carbons (Fsp3) is 0.143. The van der Waals surface area contributed by atoms with Crippen molar-refractivity contribution >= 4 is 43.0 Å². The van der Waals surface area contributed by atoms with Gasteiger partial charge in [-0.15, -0.1) is 0 Å². The molecule has 0 radical (unpaired) electrons. The maximum atomic E-state index is 5.39. The number of nitrogens with one attached hydrogen (secondary N) is 1. The highest BCUT2D eigenvalue weighted by molar-refractivity contribution is 9.11. The second kappa shape index (κ2) is 5.54. The van der Waals surface area contributed by atoms with Crippen LogP contribution in [0.3, 0.4) is 0 Å². The minimum Gasteiger partial charge on any atom is -0.478 e. The second-order valence-electron chi connectivity index (χ2n) is 4.20. The predicted octanol–water partition coefficient (Wildman–Crippen LogP) is 4.55. The first kappa shape index (κ1) is 13.6. The van der Waals surface area contributed by atoms with Gasteiger partial charge in [0.1, 0.15) is 5.82 Å². The highest BCUT2D eigenvalue weighted by atomic mass is 79.9. The molecule has 0 atom stereocenters. The largest absolute Gasteiger partial charge is 0.478 e. The average molecular weight is 397 g/mol. The number of aromatic nitrogens is 3. The molecule has 4 nitrogen and oxygen atoms in total. The fourth-order valence-corrected chi connectivity index (χ4v) is 3.22. The van der Waals surface area contributed by atoms with Crippen LogP contribution in [0, 0.1) is 0 Å². The molecule has 102 valence electrons. The van der Waals surface area contributed by atoms with Gasteiger partial charge in [-0.2, -0.15) is 4.98 Å². The lowest BCUT2D eigenvalue weighted by Gasteiger charge is -1.99. The lowest BCUT2D eigenvalue weighted by atomic mass is 10.2. The number of hydrogen-bond acceptors (Lipinski definition) is 3. The normalized spacial score (nSPS) is 10.9. The van der Waals surface area contributed by atoms with Crippen LogP contribution < -0.4 is 4.74 Å². The number of halogens is 2. The molecule has 0 fully saturated rings. The number of H-pyrrole nitrogens is 1. The van der Waals surface area contributed by atoms with Gasteiger partial charge in [0.05, 0.1) is 12.1 Å². The molecule has 0 amide bonds. The van der Waals surface area contributed by atoms with Crippen molar-refractivity contribution in [3.63, 3.8) is 0 Å². The van der Waals surface area contributed by atoms with Gasteiger partial charge in [0.25, 0.3) is 0 Å². The average Bonchev–Trinajstić information content (AvgIpc) is 2.81. The standard InChI is InChI=1S/C14H11Br2N3O/c1-2-20-12-4-3-11-14(18-12)19-13(17-11)8-5-9(15)7-10(16)6-8/h3-7H,2H2,1H3,(H,17,18,19). The van der Waals surface area contributed by atoms with Crippen molar-refractivity contribution < 1.29 is 4.74 Å². The van der Waals surface area contributed by atoms with E-state index < -0.39 is 0 Å². The molecule has 1 N–H and O–H groups in total. The van der Waals surface area contributed by atoms with Crippen LogP contribution in [0.1, 0.15) is 6.92 Å². The molecule has 20 heavy (non-hydrogen) atoms. The summed E-state index contributed by atoms with van der Waals surface area (Å²) in [5, 5.41) is 0. The maximum absolute atomic E-state index is 5.39. The van der Waals surface area contributed by atoms with E-state index in [1.165, 1.54) is 0 Å². The third-order valence-corrected chi connectivity index (χ3v) is 3.66. The number of imidazole rings is 1. The minimum atomic E-state index is 0.591. The smallest absolute Gasteiger partial charge is 0.215 e. The van der Waals surface area contributed by atoms with Crippen molar-refractivity contribution in [3.8, 4) is 17.3 Å². The van der Waals surface area contributed by atoms with Crippen molar-refractivity contribution in [1.82, 2.24) is 15.0 Å². The molecule has 0 aliphatic rings. The van der Waals surface area contributed by atoms with Gasteiger partial charge in [0.2, 0.25) is 5.88 Å². The zero-order chi connectivity index (χ0) is 14.1. The van der Waals surface area contributed by atoms with E-state index >= 15 is 0 Å². The second-order valence-corrected chi connectivity index (χ2v) is 6.03. The SMILES string of the molecule is CCOc1ccc2[nH]c(-c3cc(Br)cc(Br)c3)nc2n1. The Morgan fingerprint density at radius 3 is 2.55 bits per heavy atom. The number of fused-ring (bicyclic) bond motifs is 1. The summed E-state index contributed by atoms with van der Waals surface area (Å²) < 4.78 is 7.37. The van der Waals surface area contributed by atoms with E-state index in [-0.39, 0.29) is 0 Å². The Morgan fingerprint density at radius 1 is 1.10 bits per heavy atom. The number of aromatic amines is 1. The molecular weight excluding hydrogens is 386 g/mol. The van der Waals surface area contributed by atoms with E-state index in [1.807, 2.05) is 37.3 Å². The Balaban J connectivity index is 2.08. The zero-order valence-corrected chi connectivity index (χ0v) is 13.8. The molecule has 0 unspecified atom stereocenters. The third-order valence-electron chi connectivity index (χ3n) is 2.75. The monoisotopic (exact) mass is 395 g/mol. The highest BCUT2D eigenvalue weighted by Crippen LogP contribution is 2.27. The minimum absolute atomic E-state index is 0.591. The first-order valence-electron chi connectivity index (χ1n) is 6.12. The van der Waals surface area contributed by atoms with Crippen LogP contribution in [-0.4, -0.2) is 21.6 Å². The van der Waals surface area contributed by atoms with Gasteiger partial charge >= 0.3 is 0 Å². The molecule has 3 rings (SSSR count). The molecule has 0 saturated carbocycles. The fourth-order valence-electron chi connectivity index (χ4n) is 1.93. The summed E-state index contributed by atoms with van der Waals surface area (Å²) in [6, 6.07) is 9.76. The molecule has 2 heterocycles. The lowest BCUT2D eigenvalue weighted by molar-refractivity contribution is 0.328. The molecule has 0 aliphatic carbocycles. The van der Waals surface area contributed by atoms with Crippen molar-refractivity contribution in [1.29, 1.82) is 0 Å². The Morgan fingerprint density at radius 2 is 1.85 bits per heavy atom. The van der Waals surface area contributed by atoms with Gasteiger partial charge in [0, 0.05) is 20.6 Å². The van der Waals surface area contributed by atoms with E-state index in [0.29, 0.717) is 18.1 Å². The van der Waals surface area contributed by atoms with Crippen LogP contribution in [0.4, 0.5) is 0 Å². The van der Waals surface area contributed by atoms with E-state index in [9.17, 15) is 0 Å². The van der Waals surface area contributed by atoms with Crippen molar-refractivity contribution in [2.24, 2.45) is 0 Å². The number of nitrogens with zero attached hydrogens (tertiary/aromatic N) is 2. The van der Waals surface area contributed by atoms with Gasteiger partial charge in [-0.25, -0.2) is 4.98 Å². The van der Waals surface area contributed by atoms with E-state index in [2.05, 4.69) is 46.8 Å². The van der Waals surface area contributed by atoms with E-state index in [4.69, 9.17) is 4.74 Å². The molecule has 0 spiro atoms. The van der Waals surface area contributed by atoms with Crippen LogP contribution >= 0.6 is 31.9 Å². The number of pyridine rings is 1. The summed E-state index contributed by atoms with van der Waals surface area (Å²) in [6.07, 6.45) is 0. The van der Waals surface area contributed by atoms with Crippen LogP contribution in [-0.2, 0) is 0 Å². The zero-order valence-electron chi connectivity index (χ0n) is 10.7. The van der Waals surface area contributed by atoms with Gasteiger partial charge in [-0.05, 0) is 31.2 Å². The Kier molecular flexibility index (Phi) is 3.76. The number of hydrogen-bond donors (Lipinski definition) is 1. The lowest BCUT2D eigenvalue weighted by Crippen LogP contribution is -1.93. The maximum Gasteiger partial charge on any atom is 0.215 e. The molecule has 2 aromatic heterocycles. The topological polar surface area (TPSA) is 50.8 Å². The summed E-state index contributed by atoms with van der Waals surface area (Å²) in [4.78, 5) is 12.2. The number of benzene rings is 1. The quantitative estimate of drug-likeness (QED) is 0.706. The molecule has 0 aliphatic heterocycles. The summed E-state index contributed by atoms with van der Waals surface area (Å²) >= 11 is 6.96. The van der Waals surface area contributed by atoms with Gasteiger partial charge in [-0.3, -0.25) is 0 Å². The van der Waals surface area contributed by atoms with Crippen LogP contribution in [0.5, 0.6) is 5.88 Å². The van der Waals surface area contributed by atoms with Gasteiger partial charge < -0.3 is 9.72 Å². The predicted molar refractivity (Wildman–Crippen MR) is 85.9 cm³/mol. The summed E-state index contributed by atoms with van der Waals surface area (Å²) in [7, 11) is 0. The van der Waals surface area contributed by atoms with Crippen LogP contribution in [0.25, 0.3) is 22.6 Å². The van der Waals surface area contributed by atoms with Crippen molar-refractivity contribution in [2.75, 3.05) is 6.61 Å². The van der Waals surface area contributed by atoms with Gasteiger partial charge in [0.15, 0.2) is 5.65 Å². The summed E-state index contributed by atoms with van der Waals surface area (Å²) in [5.41, 5.74) is 2.53. The van der Waals surface area contributed by atoms with Crippen molar-refractivity contribution in [3.05, 3.63) is 39.3 Å². The number of rotatable bonds is 3. The summed E-state index contributed by atoms with van der Waals surface area (Å²) in [6.45, 7) is 2.52. The molecule has 6 heteroatoms. The van der Waals surface area contributed by atoms with Crippen LogP contribution in [0.15, 0.2) is 39.3 Å². The Bertz CT molecular complexity index is 750. The van der Waals surface area contributed by atoms with Gasteiger partial charge in [-0.1, -0.05) is 31.9 Å². The molecule has 1 aromatic carbocycles. The number of ether oxygens (including phenoxy) is 1.